The molecule has 0 radical (unpaired) electrons. The van der Waals surface area contributed by atoms with Gasteiger partial charge in [0.25, 0.3) is 0 Å². The highest BCUT2D eigenvalue weighted by molar-refractivity contribution is 6.62. The number of rotatable bonds is 2. The van der Waals surface area contributed by atoms with Crippen LogP contribution < -0.4 is 5.46 Å². The Morgan fingerprint density at radius 2 is 1.63 bits per heavy atom. The number of aliphatic hydroxyl groups is 1. The molecule has 1 heterocycles. The summed E-state index contributed by atoms with van der Waals surface area (Å²) in [7, 11) is -0.354. The van der Waals surface area contributed by atoms with E-state index in [0.29, 0.717) is 0 Å². The molecule has 1 saturated heterocycles. The number of hydrogen-bond acceptors (Lipinski definition) is 3. The lowest BCUT2D eigenvalue weighted by Crippen LogP contribution is -2.41. The summed E-state index contributed by atoms with van der Waals surface area (Å²) in [6.45, 7) is 8.19. The van der Waals surface area contributed by atoms with E-state index < -0.39 is 5.60 Å². The van der Waals surface area contributed by atoms with E-state index in [9.17, 15) is 5.11 Å². The normalized spacial score (nSPS) is 26.5. The van der Waals surface area contributed by atoms with Crippen LogP contribution in [0.15, 0.2) is 24.3 Å². The predicted octanol–water partition coefficient (Wildman–Crippen LogP) is 1.97. The van der Waals surface area contributed by atoms with Crippen molar-refractivity contribution in [1.82, 2.24) is 0 Å². The summed E-state index contributed by atoms with van der Waals surface area (Å²) in [4.78, 5) is 0. The molecular formula is C15H21BO3. The van der Waals surface area contributed by atoms with Crippen molar-refractivity contribution in [2.45, 2.75) is 57.3 Å². The lowest BCUT2D eigenvalue weighted by molar-refractivity contribution is 0.00578. The van der Waals surface area contributed by atoms with Gasteiger partial charge in [0, 0.05) is 0 Å². The largest absolute Gasteiger partial charge is 0.494 e. The fraction of sp³-hybridized carbons (Fsp3) is 0.600. The van der Waals surface area contributed by atoms with E-state index in [0.717, 1.165) is 23.9 Å². The molecule has 0 aromatic heterocycles. The maximum absolute atomic E-state index is 10.2. The smallest absolute Gasteiger partial charge is 0.399 e. The molecule has 0 amide bonds. The molecule has 0 atom stereocenters. The summed E-state index contributed by atoms with van der Waals surface area (Å²) < 4.78 is 12.1. The van der Waals surface area contributed by atoms with Crippen LogP contribution in [0.3, 0.4) is 0 Å². The highest BCUT2D eigenvalue weighted by Gasteiger charge is 2.52. The van der Waals surface area contributed by atoms with Gasteiger partial charge in [-0.15, -0.1) is 0 Å². The SMILES string of the molecule is CC1(C)OB(c2cccc(C3(O)CC3)c2)OC1(C)C. The molecule has 19 heavy (non-hydrogen) atoms. The summed E-state index contributed by atoms with van der Waals surface area (Å²) in [6.07, 6.45) is 1.69. The van der Waals surface area contributed by atoms with Crippen LogP contribution in [0.4, 0.5) is 0 Å². The first-order valence-electron chi connectivity index (χ1n) is 6.92. The Morgan fingerprint density at radius 3 is 2.16 bits per heavy atom. The highest BCUT2D eigenvalue weighted by Crippen LogP contribution is 2.45. The van der Waals surface area contributed by atoms with E-state index >= 15 is 0 Å². The van der Waals surface area contributed by atoms with Crippen molar-refractivity contribution >= 4 is 12.6 Å². The van der Waals surface area contributed by atoms with E-state index in [1.807, 2.05) is 52.0 Å². The molecule has 1 saturated carbocycles. The van der Waals surface area contributed by atoms with Gasteiger partial charge in [-0.2, -0.15) is 0 Å². The van der Waals surface area contributed by atoms with Gasteiger partial charge in [-0.05, 0) is 51.6 Å². The molecule has 3 rings (SSSR count). The van der Waals surface area contributed by atoms with Gasteiger partial charge in [-0.25, -0.2) is 0 Å². The second kappa shape index (κ2) is 3.84. The van der Waals surface area contributed by atoms with Gasteiger partial charge in [-0.1, -0.05) is 24.3 Å². The second-order valence-electron chi connectivity index (χ2n) is 6.75. The molecule has 1 aliphatic carbocycles. The van der Waals surface area contributed by atoms with Crippen LogP contribution in [0.25, 0.3) is 0 Å². The standard InChI is InChI=1S/C15H21BO3/c1-13(2)14(3,4)19-16(18-13)12-7-5-6-11(10-12)15(17)8-9-15/h5-7,10,17H,8-9H2,1-4H3. The maximum Gasteiger partial charge on any atom is 0.494 e. The van der Waals surface area contributed by atoms with Gasteiger partial charge in [0.2, 0.25) is 0 Å². The number of hydrogen-bond donors (Lipinski definition) is 1. The average Bonchev–Trinajstić information content (AvgIpc) is 3.02. The van der Waals surface area contributed by atoms with Crippen molar-refractivity contribution < 1.29 is 14.4 Å². The summed E-state index contributed by atoms with van der Waals surface area (Å²) >= 11 is 0. The molecule has 0 spiro atoms. The minimum Gasteiger partial charge on any atom is -0.399 e. The Balaban J connectivity index is 1.88. The molecule has 1 aliphatic heterocycles. The highest BCUT2D eigenvalue weighted by atomic mass is 16.7. The molecule has 1 aromatic carbocycles. The van der Waals surface area contributed by atoms with Crippen molar-refractivity contribution in [2.75, 3.05) is 0 Å². The monoisotopic (exact) mass is 260 g/mol. The third-order valence-electron chi connectivity index (χ3n) is 4.67. The Hall–Kier alpha value is -0.835. The van der Waals surface area contributed by atoms with Crippen LogP contribution in [0.5, 0.6) is 0 Å². The van der Waals surface area contributed by atoms with Crippen molar-refractivity contribution in [3.8, 4) is 0 Å². The molecule has 2 fully saturated rings. The third-order valence-corrected chi connectivity index (χ3v) is 4.67. The van der Waals surface area contributed by atoms with Gasteiger partial charge >= 0.3 is 7.12 Å². The fourth-order valence-corrected chi connectivity index (χ4v) is 2.36. The van der Waals surface area contributed by atoms with Crippen LogP contribution >= 0.6 is 0 Å². The lowest BCUT2D eigenvalue weighted by atomic mass is 9.78. The maximum atomic E-state index is 10.2. The van der Waals surface area contributed by atoms with Crippen LogP contribution in [-0.4, -0.2) is 23.4 Å². The molecule has 4 heteroatoms. The Kier molecular flexibility index (Phi) is 2.66. The van der Waals surface area contributed by atoms with Gasteiger partial charge < -0.3 is 14.4 Å². The van der Waals surface area contributed by atoms with Crippen LogP contribution in [-0.2, 0) is 14.9 Å². The third kappa shape index (κ3) is 2.12. The Morgan fingerprint density at radius 1 is 1.05 bits per heavy atom. The Labute approximate surface area is 115 Å². The summed E-state index contributed by atoms with van der Waals surface area (Å²) in [5.41, 5.74) is 0.685. The fourth-order valence-electron chi connectivity index (χ4n) is 2.36. The van der Waals surface area contributed by atoms with Crippen LogP contribution in [0.2, 0.25) is 0 Å². The minimum atomic E-state index is -0.611. The van der Waals surface area contributed by atoms with Gasteiger partial charge in [0.05, 0.1) is 16.8 Å². The molecular weight excluding hydrogens is 239 g/mol. The van der Waals surface area contributed by atoms with E-state index in [4.69, 9.17) is 9.31 Å². The first kappa shape index (κ1) is 13.2. The van der Waals surface area contributed by atoms with Gasteiger partial charge in [0.1, 0.15) is 0 Å². The van der Waals surface area contributed by atoms with Gasteiger partial charge in [-0.3, -0.25) is 0 Å². The molecule has 2 aliphatic rings. The minimum absolute atomic E-state index is 0.329. The van der Waals surface area contributed by atoms with Crippen molar-refractivity contribution in [3.05, 3.63) is 29.8 Å². The first-order valence-corrected chi connectivity index (χ1v) is 6.92. The van der Waals surface area contributed by atoms with E-state index in [1.165, 1.54) is 0 Å². The molecule has 102 valence electrons. The van der Waals surface area contributed by atoms with Crippen molar-refractivity contribution in [3.63, 3.8) is 0 Å². The molecule has 1 aromatic rings. The van der Waals surface area contributed by atoms with Crippen molar-refractivity contribution in [1.29, 1.82) is 0 Å². The topological polar surface area (TPSA) is 38.7 Å². The molecule has 0 unspecified atom stereocenters. The van der Waals surface area contributed by atoms with E-state index in [-0.39, 0.29) is 18.3 Å². The molecule has 3 nitrogen and oxygen atoms in total. The lowest BCUT2D eigenvalue weighted by Gasteiger charge is -2.32. The van der Waals surface area contributed by atoms with Gasteiger partial charge in [0.15, 0.2) is 0 Å². The van der Waals surface area contributed by atoms with Crippen molar-refractivity contribution in [2.24, 2.45) is 0 Å². The second-order valence-corrected chi connectivity index (χ2v) is 6.75. The summed E-state index contributed by atoms with van der Waals surface area (Å²) in [5, 5.41) is 10.2. The zero-order valence-electron chi connectivity index (χ0n) is 12.1. The average molecular weight is 260 g/mol. The Bertz CT molecular complexity index is 490. The quantitative estimate of drug-likeness (QED) is 0.826. The summed E-state index contributed by atoms with van der Waals surface area (Å²) in [6, 6.07) is 7.94. The van der Waals surface area contributed by atoms with E-state index in [2.05, 4.69) is 0 Å². The van der Waals surface area contributed by atoms with E-state index in [1.54, 1.807) is 0 Å². The zero-order valence-corrected chi connectivity index (χ0v) is 12.1. The molecule has 1 N–H and O–H groups in total. The predicted molar refractivity (Wildman–Crippen MR) is 75.3 cm³/mol. The number of benzene rings is 1. The summed E-state index contributed by atoms with van der Waals surface area (Å²) in [5.74, 6) is 0. The first-order chi connectivity index (χ1) is 8.74. The van der Waals surface area contributed by atoms with Crippen LogP contribution in [0.1, 0.15) is 46.1 Å². The zero-order chi connectivity index (χ0) is 13.9. The molecule has 0 bridgehead atoms. The van der Waals surface area contributed by atoms with Crippen LogP contribution in [0, 0.1) is 0 Å².